The number of hydrogen-bond acceptors (Lipinski definition) is 5. The van der Waals surface area contributed by atoms with Gasteiger partial charge >= 0.3 is 0 Å². The van der Waals surface area contributed by atoms with Crippen molar-refractivity contribution in [3.05, 3.63) is 32.5 Å². The van der Waals surface area contributed by atoms with Crippen LogP contribution in [0.2, 0.25) is 0 Å². The molecule has 1 aromatic heterocycles. The van der Waals surface area contributed by atoms with E-state index >= 15 is 0 Å². The predicted octanol–water partition coefficient (Wildman–Crippen LogP) is 1.63. The van der Waals surface area contributed by atoms with Crippen molar-refractivity contribution in [2.24, 2.45) is 4.99 Å². The first-order valence-corrected chi connectivity index (χ1v) is 4.77. The van der Waals surface area contributed by atoms with Crippen molar-refractivity contribution in [1.29, 1.82) is 0 Å². The Labute approximate surface area is 93.3 Å². The van der Waals surface area contributed by atoms with Crippen molar-refractivity contribution >= 4 is 27.7 Å². The van der Waals surface area contributed by atoms with Gasteiger partial charge in [0, 0.05) is 23.2 Å². The maximum Gasteiger partial charge on any atom is 0.291 e. The predicted molar refractivity (Wildman–Crippen MR) is 55.3 cm³/mol. The molecule has 7 heteroatoms. The zero-order chi connectivity index (χ0) is 11.3. The molecule has 0 aliphatic rings. The van der Waals surface area contributed by atoms with E-state index in [1.54, 1.807) is 0 Å². The van der Waals surface area contributed by atoms with E-state index in [9.17, 15) is 14.9 Å². The summed E-state index contributed by atoms with van der Waals surface area (Å²) < 4.78 is 0.539. The number of carbonyl (C=O) groups excluding carboxylic acids is 1. The standard InChI is InChI=1S/C8H6BrN3O3/c9-6-3-8(12(14)15)7(11-4-6)1-2-10-5-13/h3-4H,1-2H2. The molecular formula is C8H6BrN3O3. The van der Waals surface area contributed by atoms with Crippen molar-refractivity contribution in [2.45, 2.75) is 6.42 Å². The number of rotatable bonds is 4. The highest BCUT2D eigenvalue weighted by molar-refractivity contribution is 9.10. The summed E-state index contributed by atoms with van der Waals surface area (Å²) in [7, 11) is 0. The molecule has 1 heterocycles. The summed E-state index contributed by atoms with van der Waals surface area (Å²) in [4.78, 5) is 27.1. The van der Waals surface area contributed by atoms with E-state index in [-0.39, 0.29) is 18.7 Å². The average molecular weight is 272 g/mol. The fourth-order valence-corrected chi connectivity index (χ4v) is 1.33. The van der Waals surface area contributed by atoms with Crippen LogP contribution < -0.4 is 0 Å². The fraction of sp³-hybridized carbons (Fsp3) is 0.250. The monoisotopic (exact) mass is 271 g/mol. The van der Waals surface area contributed by atoms with E-state index < -0.39 is 4.92 Å². The summed E-state index contributed by atoms with van der Waals surface area (Å²) in [6, 6.07) is 1.37. The highest BCUT2D eigenvalue weighted by atomic mass is 79.9. The van der Waals surface area contributed by atoms with Gasteiger partial charge in [-0.25, -0.2) is 9.79 Å². The van der Waals surface area contributed by atoms with Gasteiger partial charge in [-0.2, -0.15) is 0 Å². The SMILES string of the molecule is O=C=NCCc1ncc(Br)cc1[N+](=O)[O-]. The van der Waals surface area contributed by atoms with E-state index in [0.717, 1.165) is 0 Å². The minimum absolute atomic E-state index is 0.0783. The second kappa shape index (κ2) is 5.33. The number of aromatic nitrogens is 1. The molecule has 0 spiro atoms. The average Bonchev–Trinajstić information content (AvgIpc) is 2.20. The van der Waals surface area contributed by atoms with Crippen LogP contribution in [0.4, 0.5) is 5.69 Å². The highest BCUT2D eigenvalue weighted by Gasteiger charge is 2.14. The van der Waals surface area contributed by atoms with Crippen molar-refractivity contribution in [1.82, 2.24) is 4.98 Å². The van der Waals surface area contributed by atoms with Gasteiger partial charge in [0.2, 0.25) is 6.08 Å². The van der Waals surface area contributed by atoms with Crippen molar-refractivity contribution < 1.29 is 9.72 Å². The lowest BCUT2D eigenvalue weighted by atomic mass is 10.2. The number of nitrogens with zero attached hydrogens (tertiary/aromatic N) is 3. The van der Waals surface area contributed by atoms with Gasteiger partial charge in [-0.1, -0.05) is 0 Å². The molecule has 6 nitrogen and oxygen atoms in total. The lowest BCUT2D eigenvalue weighted by Gasteiger charge is -1.99. The Morgan fingerprint density at radius 3 is 3.00 bits per heavy atom. The normalized spacial score (nSPS) is 9.40. The number of halogens is 1. The second-order valence-electron chi connectivity index (χ2n) is 2.60. The molecule has 0 atom stereocenters. The third-order valence-electron chi connectivity index (χ3n) is 1.64. The Balaban J connectivity index is 2.95. The molecule has 0 aliphatic heterocycles. The van der Waals surface area contributed by atoms with E-state index in [4.69, 9.17) is 0 Å². The molecule has 0 aromatic carbocycles. The molecule has 0 unspecified atom stereocenters. The van der Waals surface area contributed by atoms with Crippen molar-refractivity contribution in [3.8, 4) is 0 Å². The number of aliphatic imine (C=N–C) groups is 1. The minimum atomic E-state index is -0.516. The quantitative estimate of drug-likeness (QED) is 0.361. The van der Waals surface area contributed by atoms with Crippen LogP contribution in [-0.2, 0) is 11.2 Å². The second-order valence-corrected chi connectivity index (χ2v) is 3.52. The number of pyridine rings is 1. The topological polar surface area (TPSA) is 85.5 Å². The molecule has 1 rings (SSSR count). The Morgan fingerprint density at radius 1 is 1.67 bits per heavy atom. The summed E-state index contributed by atoms with van der Waals surface area (Å²) in [6.45, 7) is 0.152. The largest absolute Gasteiger partial charge is 0.291 e. The van der Waals surface area contributed by atoms with Gasteiger partial charge in [0.1, 0.15) is 5.69 Å². The number of nitro groups is 1. The van der Waals surface area contributed by atoms with Gasteiger partial charge in [0.25, 0.3) is 5.69 Å². The molecule has 0 amide bonds. The van der Waals surface area contributed by atoms with Crippen molar-refractivity contribution in [3.63, 3.8) is 0 Å². The first kappa shape index (κ1) is 11.5. The smallest absolute Gasteiger partial charge is 0.258 e. The van der Waals surface area contributed by atoms with Crippen LogP contribution in [0, 0.1) is 10.1 Å². The first-order chi connectivity index (χ1) is 7.15. The zero-order valence-electron chi connectivity index (χ0n) is 7.51. The Kier molecular flexibility index (Phi) is 4.08. The maximum atomic E-state index is 10.6. The number of hydrogen-bond donors (Lipinski definition) is 0. The minimum Gasteiger partial charge on any atom is -0.258 e. The van der Waals surface area contributed by atoms with Gasteiger partial charge in [-0.05, 0) is 15.9 Å². The maximum absolute atomic E-state index is 10.6. The van der Waals surface area contributed by atoms with Crippen LogP contribution in [-0.4, -0.2) is 22.5 Å². The van der Waals surface area contributed by atoms with Crippen LogP contribution in [0.5, 0.6) is 0 Å². The van der Waals surface area contributed by atoms with E-state index in [1.165, 1.54) is 18.3 Å². The molecule has 0 saturated carbocycles. The summed E-state index contributed by atoms with van der Waals surface area (Å²) in [5.41, 5.74) is 0.229. The van der Waals surface area contributed by atoms with Crippen molar-refractivity contribution in [2.75, 3.05) is 6.54 Å². The molecule has 0 N–H and O–H groups in total. The van der Waals surface area contributed by atoms with Crippen LogP contribution >= 0.6 is 15.9 Å². The number of isocyanates is 1. The van der Waals surface area contributed by atoms with Gasteiger partial charge in [-0.3, -0.25) is 15.1 Å². The Hall–Kier alpha value is -1.59. The van der Waals surface area contributed by atoms with Crippen LogP contribution in [0.3, 0.4) is 0 Å². The summed E-state index contributed by atoms with van der Waals surface area (Å²) >= 11 is 3.09. The van der Waals surface area contributed by atoms with Gasteiger partial charge in [0.15, 0.2) is 0 Å². The molecule has 78 valence electrons. The summed E-state index contributed by atoms with van der Waals surface area (Å²) in [5.74, 6) is 0. The third-order valence-corrected chi connectivity index (χ3v) is 2.07. The molecule has 0 bridgehead atoms. The Bertz CT molecular complexity index is 429. The van der Waals surface area contributed by atoms with E-state index in [1.807, 2.05) is 0 Å². The Morgan fingerprint density at radius 2 is 2.40 bits per heavy atom. The van der Waals surface area contributed by atoms with Gasteiger partial charge in [-0.15, -0.1) is 0 Å². The first-order valence-electron chi connectivity index (χ1n) is 3.97. The molecule has 0 saturated heterocycles. The third kappa shape index (κ3) is 3.23. The van der Waals surface area contributed by atoms with Gasteiger partial charge in [0.05, 0.1) is 11.5 Å². The van der Waals surface area contributed by atoms with E-state index in [2.05, 4.69) is 25.9 Å². The molecule has 0 aliphatic carbocycles. The molecular weight excluding hydrogens is 266 g/mol. The molecule has 0 radical (unpaired) electrons. The van der Waals surface area contributed by atoms with Gasteiger partial charge < -0.3 is 0 Å². The highest BCUT2D eigenvalue weighted by Crippen LogP contribution is 2.21. The molecule has 1 aromatic rings. The summed E-state index contributed by atoms with van der Waals surface area (Å²) in [5, 5.41) is 10.6. The lowest BCUT2D eigenvalue weighted by molar-refractivity contribution is -0.386. The summed E-state index contributed by atoms with van der Waals surface area (Å²) in [6.07, 6.45) is 3.08. The molecule has 0 fully saturated rings. The van der Waals surface area contributed by atoms with Crippen LogP contribution in [0.25, 0.3) is 0 Å². The lowest BCUT2D eigenvalue weighted by Crippen LogP contribution is -2.00. The fourth-order valence-electron chi connectivity index (χ4n) is 1.02. The van der Waals surface area contributed by atoms with Crippen LogP contribution in [0.15, 0.2) is 21.7 Å². The van der Waals surface area contributed by atoms with Crippen LogP contribution in [0.1, 0.15) is 5.69 Å². The van der Waals surface area contributed by atoms with E-state index in [0.29, 0.717) is 10.2 Å². The zero-order valence-corrected chi connectivity index (χ0v) is 9.10. The molecule has 15 heavy (non-hydrogen) atoms.